The summed E-state index contributed by atoms with van der Waals surface area (Å²) in [5.41, 5.74) is 1.32. The van der Waals surface area contributed by atoms with Crippen LogP contribution in [0.2, 0.25) is 0 Å². The zero-order valence-corrected chi connectivity index (χ0v) is 14.4. The van der Waals surface area contributed by atoms with Crippen molar-refractivity contribution in [2.75, 3.05) is 13.9 Å². The summed E-state index contributed by atoms with van der Waals surface area (Å²) in [6, 6.07) is 10.7. The van der Waals surface area contributed by atoms with Crippen molar-refractivity contribution < 1.29 is 23.7 Å². The Morgan fingerprint density at radius 1 is 1.16 bits per heavy atom. The summed E-state index contributed by atoms with van der Waals surface area (Å²) in [7, 11) is 1.59. The Kier molecular flexibility index (Phi) is 4.93. The van der Waals surface area contributed by atoms with Crippen LogP contribution in [0.15, 0.2) is 42.5 Å². The van der Waals surface area contributed by atoms with Gasteiger partial charge in [0.15, 0.2) is 28.8 Å². The standard InChI is InChI=1S/C20H20O5/c1-13(2)25-20-14(5-4-6-18(20)22-3)7-9-16(21)15-8-10-17-19(11-15)24-12-23-17/h4-11,13H,12H2,1-3H3/b9-7+. The van der Waals surface area contributed by atoms with Gasteiger partial charge in [-0.15, -0.1) is 0 Å². The van der Waals surface area contributed by atoms with Crippen LogP contribution in [0.3, 0.4) is 0 Å². The average molecular weight is 340 g/mol. The number of hydrogen-bond acceptors (Lipinski definition) is 5. The average Bonchev–Trinajstić information content (AvgIpc) is 3.07. The molecule has 0 saturated heterocycles. The van der Waals surface area contributed by atoms with Gasteiger partial charge >= 0.3 is 0 Å². The highest BCUT2D eigenvalue weighted by atomic mass is 16.7. The summed E-state index contributed by atoms with van der Waals surface area (Å²) in [4.78, 5) is 12.5. The number of methoxy groups -OCH3 is 1. The van der Waals surface area contributed by atoms with Crippen LogP contribution in [0.5, 0.6) is 23.0 Å². The largest absolute Gasteiger partial charge is 0.493 e. The molecule has 1 heterocycles. The number of ketones is 1. The second-order valence-corrected chi connectivity index (χ2v) is 5.81. The van der Waals surface area contributed by atoms with Gasteiger partial charge in [-0.1, -0.05) is 12.1 Å². The summed E-state index contributed by atoms with van der Waals surface area (Å²) in [5, 5.41) is 0. The lowest BCUT2D eigenvalue weighted by Crippen LogP contribution is -2.08. The van der Waals surface area contributed by atoms with E-state index in [1.165, 1.54) is 6.08 Å². The van der Waals surface area contributed by atoms with E-state index in [0.29, 0.717) is 28.6 Å². The molecule has 1 aliphatic rings. The zero-order chi connectivity index (χ0) is 17.8. The zero-order valence-electron chi connectivity index (χ0n) is 14.4. The van der Waals surface area contributed by atoms with Gasteiger partial charge in [0.25, 0.3) is 0 Å². The van der Waals surface area contributed by atoms with Crippen LogP contribution >= 0.6 is 0 Å². The minimum Gasteiger partial charge on any atom is -0.493 e. The van der Waals surface area contributed by atoms with E-state index in [4.69, 9.17) is 18.9 Å². The Labute approximate surface area is 146 Å². The maximum atomic E-state index is 12.5. The molecule has 0 spiro atoms. The van der Waals surface area contributed by atoms with Gasteiger partial charge < -0.3 is 18.9 Å². The molecule has 1 aliphatic heterocycles. The smallest absolute Gasteiger partial charge is 0.231 e. The second-order valence-electron chi connectivity index (χ2n) is 5.81. The van der Waals surface area contributed by atoms with E-state index in [9.17, 15) is 4.79 Å². The first-order valence-corrected chi connectivity index (χ1v) is 8.04. The topological polar surface area (TPSA) is 54.0 Å². The fourth-order valence-electron chi connectivity index (χ4n) is 2.50. The van der Waals surface area contributed by atoms with E-state index in [1.807, 2.05) is 32.0 Å². The quantitative estimate of drug-likeness (QED) is 0.585. The van der Waals surface area contributed by atoms with Crippen molar-refractivity contribution in [1.29, 1.82) is 0 Å². The Hall–Kier alpha value is -2.95. The predicted molar refractivity (Wildman–Crippen MR) is 94.7 cm³/mol. The fourth-order valence-corrected chi connectivity index (χ4v) is 2.50. The van der Waals surface area contributed by atoms with E-state index in [0.717, 1.165) is 5.56 Å². The third-order valence-corrected chi connectivity index (χ3v) is 3.65. The van der Waals surface area contributed by atoms with Gasteiger partial charge in [-0.2, -0.15) is 0 Å². The van der Waals surface area contributed by atoms with Crippen molar-refractivity contribution in [2.45, 2.75) is 20.0 Å². The van der Waals surface area contributed by atoms with Crippen LogP contribution in [0.25, 0.3) is 6.08 Å². The van der Waals surface area contributed by atoms with Gasteiger partial charge in [-0.05, 0) is 50.3 Å². The molecule has 130 valence electrons. The number of para-hydroxylation sites is 1. The van der Waals surface area contributed by atoms with Crippen LogP contribution in [-0.2, 0) is 0 Å². The number of ether oxygens (including phenoxy) is 4. The molecule has 0 N–H and O–H groups in total. The van der Waals surface area contributed by atoms with Gasteiger partial charge in [0.1, 0.15) is 0 Å². The molecule has 0 aromatic heterocycles. The fraction of sp³-hybridized carbons (Fsp3) is 0.250. The summed E-state index contributed by atoms with van der Waals surface area (Å²) in [6.07, 6.45) is 3.24. The predicted octanol–water partition coefficient (Wildman–Crippen LogP) is 4.11. The van der Waals surface area contributed by atoms with Gasteiger partial charge in [0, 0.05) is 11.1 Å². The summed E-state index contributed by atoms with van der Waals surface area (Å²) in [5.74, 6) is 2.36. The van der Waals surface area contributed by atoms with Gasteiger partial charge in [-0.25, -0.2) is 0 Å². The molecule has 0 saturated carbocycles. The first-order chi connectivity index (χ1) is 12.1. The highest BCUT2D eigenvalue weighted by Gasteiger charge is 2.15. The maximum absolute atomic E-state index is 12.5. The molecule has 0 fully saturated rings. The van der Waals surface area contributed by atoms with E-state index >= 15 is 0 Å². The Bertz CT molecular complexity index is 808. The number of benzene rings is 2. The van der Waals surface area contributed by atoms with E-state index < -0.39 is 0 Å². The van der Waals surface area contributed by atoms with Crippen LogP contribution in [-0.4, -0.2) is 25.8 Å². The van der Waals surface area contributed by atoms with Gasteiger partial charge in [-0.3, -0.25) is 4.79 Å². The number of carbonyl (C=O) groups is 1. The molecule has 0 unspecified atom stereocenters. The molecule has 0 aliphatic carbocycles. The Morgan fingerprint density at radius 2 is 1.96 bits per heavy atom. The van der Waals surface area contributed by atoms with Crippen molar-refractivity contribution in [3.63, 3.8) is 0 Å². The lowest BCUT2D eigenvalue weighted by atomic mass is 10.1. The van der Waals surface area contributed by atoms with Crippen molar-refractivity contribution >= 4 is 11.9 Å². The highest BCUT2D eigenvalue weighted by molar-refractivity contribution is 6.07. The van der Waals surface area contributed by atoms with Crippen molar-refractivity contribution in [2.24, 2.45) is 0 Å². The molecule has 0 atom stereocenters. The SMILES string of the molecule is COc1cccc(/C=C/C(=O)c2ccc3c(c2)OCO3)c1OC(C)C. The summed E-state index contributed by atoms with van der Waals surface area (Å²) < 4.78 is 21.8. The van der Waals surface area contributed by atoms with Crippen LogP contribution in [0, 0.1) is 0 Å². The monoisotopic (exact) mass is 340 g/mol. The minimum absolute atomic E-state index is 0.00647. The molecule has 25 heavy (non-hydrogen) atoms. The minimum atomic E-state index is -0.128. The third kappa shape index (κ3) is 3.76. The van der Waals surface area contributed by atoms with Crippen molar-refractivity contribution in [3.05, 3.63) is 53.6 Å². The van der Waals surface area contributed by atoms with Crippen LogP contribution in [0.1, 0.15) is 29.8 Å². The Balaban J connectivity index is 1.85. The Morgan fingerprint density at radius 3 is 2.72 bits per heavy atom. The van der Waals surface area contributed by atoms with Crippen LogP contribution in [0.4, 0.5) is 0 Å². The van der Waals surface area contributed by atoms with Gasteiger partial charge in [0.2, 0.25) is 6.79 Å². The number of hydrogen-bond donors (Lipinski definition) is 0. The first kappa shape index (κ1) is 16.9. The molecular weight excluding hydrogens is 320 g/mol. The molecular formula is C20H20O5. The maximum Gasteiger partial charge on any atom is 0.231 e. The van der Waals surface area contributed by atoms with E-state index in [2.05, 4.69) is 0 Å². The molecule has 2 aromatic rings. The molecule has 3 rings (SSSR count). The molecule has 0 bridgehead atoms. The summed E-state index contributed by atoms with van der Waals surface area (Å²) in [6.45, 7) is 4.07. The number of carbonyl (C=O) groups excluding carboxylic acids is 1. The van der Waals surface area contributed by atoms with Crippen LogP contribution < -0.4 is 18.9 Å². The molecule has 2 aromatic carbocycles. The normalized spacial score (nSPS) is 12.6. The first-order valence-electron chi connectivity index (χ1n) is 8.04. The van der Waals surface area contributed by atoms with E-state index in [-0.39, 0.29) is 18.7 Å². The molecule has 0 radical (unpaired) electrons. The number of rotatable bonds is 6. The summed E-state index contributed by atoms with van der Waals surface area (Å²) >= 11 is 0. The molecule has 5 heteroatoms. The molecule has 5 nitrogen and oxygen atoms in total. The number of allylic oxidation sites excluding steroid dienone is 1. The molecule has 0 amide bonds. The van der Waals surface area contributed by atoms with Crippen molar-refractivity contribution in [1.82, 2.24) is 0 Å². The third-order valence-electron chi connectivity index (χ3n) is 3.65. The number of fused-ring (bicyclic) bond motifs is 1. The second kappa shape index (κ2) is 7.30. The van der Waals surface area contributed by atoms with E-state index in [1.54, 1.807) is 31.4 Å². The lowest BCUT2D eigenvalue weighted by Gasteiger charge is -2.15. The van der Waals surface area contributed by atoms with Gasteiger partial charge in [0.05, 0.1) is 13.2 Å². The highest BCUT2D eigenvalue weighted by Crippen LogP contribution is 2.34. The van der Waals surface area contributed by atoms with Crippen molar-refractivity contribution in [3.8, 4) is 23.0 Å². The lowest BCUT2D eigenvalue weighted by molar-refractivity contribution is 0.104.